The largest absolute Gasteiger partial charge is 0.493 e. The van der Waals surface area contributed by atoms with E-state index in [1.807, 2.05) is 30.3 Å². The zero-order chi connectivity index (χ0) is 16.7. The van der Waals surface area contributed by atoms with Crippen LogP contribution in [-0.2, 0) is 13.2 Å². The van der Waals surface area contributed by atoms with Gasteiger partial charge in [0.1, 0.15) is 6.61 Å². The molecule has 0 aliphatic carbocycles. The molecule has 124 valence electrons. The maximum atomic E-state index is 6.10. The summed E-state index contributed by atoms with van der Waals surface area (Å²) in [6.45, 7) is 5.60. The van der Waals surface area contributed by atoms with Crippen molar-refractivity contribution in [3.63, 3.8) is 0 Å². The first kappa shape index (κ1) is 17.8. The minimum absolute atomic E-state index is 0.454. The average Bonchev–Trinajstić information content (AvgIpc) is 2.59. The molecular weight excluding hydrogens is 354 g/mol. The fourth-order valence-electron chi connectivity index (χ4n) is 2.22. The molecule has 1 atom stereocenters. The summed E-state index contributed by atoms with van der Waals surface area (Å²) in [5.74, 6) is 1.55. The van der Waals surface area contributed by atoms with Crippen LogP contribution in [0, 0.1) is 0 Å². The highest BCUT2D eigenvalue weighted by Crippen LogP contribution is 2.36. The maximum Gasteiger partial charge on any atom is 0.167 e. The van der Waals surface area contributed by atoms with Crippen LogP contribution in [0.25, 0.3) is 0 Å². The van der Waals surface area contributed by atoms with E-state index in [4.69, 9.17) is 9.47 Å². The van der Waals surface area contributed by atoms with Crippen molar-refractivity contribution < 1.29 is 9.47 Å². The Hall–Kier alpha value is -1.52. The van der Waals surface area contributed by atoms with Crippen LogP contribution in [0.15, 0.2) is 46.9 Å². The monoisotopic (exact) mass is 377 g/mol. The van der Waals surface area contributed by atoms with Gasteiger partial charge in [-0.25, -0.2) is 0 Å². The SMILES string of the molecule is CCC(C)NCc1c(Br)ccc(OC)c1OCc1ccccc1. The first-order chi connectivity index (χ1) is 11.2. The molecule has 0 aromatic heterocycles. The molecule has 3 nitrogen and oxygen atoms in total. The number of ether oxygens (including phenoxy) is 2. The summed E-state index contributed by atoms with van der Waals surface area (Å²) >= 11 is 3.63. The molecule has 0 saturated carbocycles. The van der Waals surface area contributed by atoms with Crippen LogP contribution in [0.3, 0.4) is 0 Å². The predicted molar refractivity (Wildman–Crippen MR) is 98.1 cm³/mol. The van der Waals surface area contributed by atoms with Gasteiger partial charge in [0.15, 0.2) is 11.5 Å². The van der Waals surface area contributed by atoms with Crippen LogP contribution >= 0.6 is 15.9 Å². The van der Waals surface area contributed by atoms with E-state index in [1.54, 1.807) is 7.11 Å². The third-order valence-electron chi connectivity index (χ3n) is 3.85. The van der Waals surface area contributed by atoms with Crippen LogP contribution < -0.4 is 14.8 Å². The van der Waals surface area contributed by atoms with Crippen molar-refractivity contribution in [1.82, 2.24) is 5.32 Å². The van der Waals surface area contributed by atoms with Crippen molar-refractivity contribution in [2.24, 2.45) is 0 Å². The fourth-order valence-corrected chi connectivity index (χ4v) is 2.67. The molecule has 23 heavy (non-hydrogen) atoms. The number of benzene rings is 2. The van der Waals surface area contributed by atoms with E-state index < -0.39 is 0 Å². The molecule has 0 fully saturated rings. The summed E-state index contributed by atoms with van der Waals surface area (Å²) in [4.78, 5) is 0. The van der Waals surface area contributed by atoms with E-state index in [9.17, 15) is 0 Å². The van der Waals surface area contributed by atoms with E-state index in [2.05, 4.69) is 47.2 Å². The normalized spacial score (nSPS) is 12.0. The van der Waals surface area contributed by atoms with Gasteiger partial charge in [-0.2, -0.15) is 0 Å². The smallest absolute Gasteiger partial charge is 0.167 e. The molecule has 4 heteroatoms. The Morgan fingerprint density at radius 3 is 2.52 bits per heavy atom. The second kappa shape index (κ2) is 8.94. The molecule has 2 rings (SSSR count). The Bertz CT molecular complexity index is 616. The Morgan fingerprint density at radius 1 is 1.13 bits per heavy atom. The lowest BCUT2D eigenvalue weighted by atomic mass is 10.1. The number of halogens is 1. The van der Waals surface area contributed by atoms with Gasteiger partial charge in [0.05, 0.1) is 7.11 Å². The Morgan fingerprint density at radius 2 is 1.87 bits per heavy atom. The average molecular weight is 378 g/mol. The molecule has 0 bridgehead atoms. The zero-order valence-electron chi connectivity index (χ0n) is 13.9. The molecule has 1 unspecified atom stereocenters. The summed E-state index contributed by atoms with van der Waals surface area (Å²) in [6, 6.07) is 14.5. The molecule has 0 amide bonds. The van der Waals surface area contributed by atoms with Crippen LogP contribution in [0.5, 0.6) is 11.5 Å². The van der Waals surface area contributed by atoms with Gasteiger partial charge in [0, 0.05) is 22.6 Å². The summed E-state index contributed by atoms with van der Waals surface area (Å²) in [6.07, 6.45) is 1.09. The Labute approximate surface area is 147 Å². The van der Waals surface area contributed by atoms with Gasteiger partial charge in [0.2, 0.25) is 0 Å². The second-order valence-electron chi connectivity index (χ2n) is 5.52. The van der Waals surface area contributed by atoms with Gasteiger partial charge in [-0.3, -0.25) is 0 Å². The number of hydrogen-bond donors (Lipinski definition) is 1. The standard InChI is InChI=1S/C19H24BrNO2/c1-4-14(2)21-12-16-17(20)10-11-18(22-3)19(16)23-13-15-8-6-5-7-9-15/h5-11,14,21H,4,12-13H2,1-3H3. The fraction of sp³-hybridized carbons (Fsp3) is 0.368. The quantitative estimate of drug-likeness (QED) is 0.707. The molecule has 0 saturated heterocycles. The number of nitrogens with one attached hydrogen (secondary N) is 1. The van der Waals surface area contributed by atoms with Crippen LogP contribution in [-0.4, -0.2) is 13.2 Å². The second-order valence-corrected chi connectivity index (χ2v) is 6.38. The zero-order valence-corrected chi connectivity index (χ0v) is 15.5. The van der Waals surface area contributed by atoms with E-state index in [-0.39, 0.29) is 0 Å². The third-order valence-corrected chi connectivity index (χ3v) is 4.60. The molecule has 0 spiro atoms. The van der Waals surface area contributed by atoms with Gasteiger partial charge >= 0.3 is 0 Å². The van der Waals surface area contributed by atoms with Gasteiger partial charge in [0.25, 0.3) is 0 Å². The van der Waals surface area contributed by atoms with Crippen molar-refractivity contribution in [3.8, 4) is 11.5 Å². The minimum atomic E-state index is 0.454. The van der Waals surface area contributed by atoms with Crippen LogP contribution in [0.1, 0.15) is 31.4 Å². The maximum absolute atomic E-state index is 6.10. The molecular formula is C19H24BrNO2. The highest BCUT2D eigenvalue weighted by atomic mass is 79.9. The lowest BCUT2D eigenvalue weighted by Gasteiger charge is -2.19. The molecule has 0 aliphatic rings. The van der Waals surface area contributed by atoms with Gasteiger partial charge in [-0.15, -0.1) is 0 Å². The molecule has 0 aliphatic heterocycles. The highest BCUT2D eigenvalue weighted by molar-refractivity contribution is 9.10. The number of methoxy groups -OCH3 is 1. The topological polar surface area (TPSA) is 30.5 Å². The summed E-state index contributed by atoms with van der Waals surface area (Å²) < 4.78 is 12.6. The summed E-state index contributed by atoms with van der Waals surface area (Å²) in [5.41, 5.74) is 2.22. The van der Waals surface area contributed by atoms with E-state index >= 15 is 0 Å². The highest BCUT2D eigenvalue weighted by Gasteiger charge is 2.15. The lowest BCUT2D eigenvalue weighted by molar-refractivity contribution is 0.280. The van der Waals surface area contributed by atoms with E-state index in [0.29, 0.717) is 12.6 Å². The van der Waals surface area contributed by atoms with Gasteiger partial charge in [-0.1, -0.05) is 53.2 Å². The Balaban J connectivity index is 2.21. The number of hydrogen-bond acceptors (Lipinski definition) is 3. The van der Waals surface area contributed by atoms with E-state index in [0.717, 1.165) is 40.1 Å². The van der Waals surface area contributed by atoms with Crippen LogP contribution in [0.2, 0.25) is 0 Å². The lowest BCUT2D eigenvalue weighted by Crippen LogP contribution is -2.25. The molecule has 0 radical (unpaired) electrons. The van der Waals surface area contributed by atoms with Crippen molar-refractivity contribution >= 4 is 15.9 Å². The molecule has 2 aromatic carbocycles. The third kappa shape index (κ3) is 4.98. The van der Waals surface area contributed by atoms with Crippen molar-refractivity contribution in [1.29, 1.82) is 0 Å². The van der Waals surface area contributed by atoms with E-state index in [1.165, 1.54) is 0 Å². The molecule has 0 heterocycles. The minimum Gasteiger partial charge on any atom is -0.493 e. The molecule has 2 aromatic rings. The Kier molecular flexibility index (Phi) is 6.93. The van der Waals surface area contributed by atoms with Crippen molar-refractivity contribution in [2.45, 2.75) is 39.5 Å². The van der Waals surface area contributed by atoms with Gasteiger partial charge in [-0.05, 0) is 31.0 Å². The predicted octanol–water partition coefficient (Wildman–Crippen LogP) is 4.92. The van der Waals surface area contributed by atoms with Gasteiger partial charge < -0.3 is 14.8 Å². The van der Waals surface area contributed by atoms with Crippen molar-refractivity contribution in [3.05, 3.63) is 58.1 Å². The summed E-state index contributed by atoms with van der Waals surface area (Å²) in [7, 11) is 1.67. The number of rotatable bonds is 8. The summed E-state index contributed by atoms with van der Waals surface area (Å²) in [5, 5.41) is 3.51. The first-order valence-corrected chi connectivity index (χ1v) is 8.70. The first-order valence-electron chi connectivity index (χ1n) is 7.91. The van der Waals surface area contributed by atoms with Crippen LogP contribution in [0.4, 0.5) is 0 Å². The van der Waals surface area contributed by atoms with Crippen molar-refractivity contribution in [2.75, 3.05) is 7.11 Å². The molecule has 1 N–H and O–H groups in total.